The Bertz CT molecular complexity index is 1410. The predicted molar refractivity (Wildman–Crippen MR) is 104 cm³/mol. The lowest BCUT2D eigenvalue weighted by Crippen LogP contribution is -2.34. The van der Waals surface area contributed by atoms with E-state index in [4.69, 9.17) is 0 Å². The molecule has 1 saturated heterocycles. The highest BCUT2D eigenvalue weighted by Gasteiger charge is 2.40. The third-order valence-corrected chi connectivity index (χ3v) is 6.03. The van der Waals surface area contributed by atoms with Gasteiger partial charge in [0, 0.05) is 30.4 Å². The Morgan fingerprint density at radius 3 is 2.44 bits per heavy atom. The molecule has 32 heavy (non-hydrogen) atoms. The lowest BCUT2D eigenvalue weighted by Gasteiger charge is -2.19. The van der Waals surface area contributed by atoms with Crippen LogP contribution in [-0.4, -0.2) is 43.0 Å². The number of anilines is 1. The molecule has 0 unspecified atom stereocenters. The van der Waals surface area contributed by atoms with E-state index < -0.39 is 62.2 Å². The first kappa shape index (κ1) is 21.7. The first-order valence-corrected chi connectivity index (χ1v) is 10.9. The van der Waals surface area contributed by atoms with Crippen LogP contribution in [0.1, 0.15) is 5.56 Å². The minimum absolute atomic E-state index is 0.120. The molecule has 0 spiro atoms. The lowest BCUT2D eigenvalue weighted by atomic mass is 10.1. The minimum Gasteiger partial charge on any atom is -0.310 e. The van der Waals surface area contributed by atoms with E-state index in [9.17, 15) is 35.6 Å². The lowest BCUT2D eigenvalue weighted by molar-refractivity contribution is -0.116. The van der Waals surface area contributed by atoms with Crippen molar-refractivity contribution in [2.24, 2.45) is 0 Å². The first-order valence-electron chi connectivity index (χ1n) is 9.02. The van der Waals surface area contributed by atoms with E-state index in [1.165, 1.54) is 24.4 Å². The molecule has 1 aromatic heterocycles. The molecule has 3 aromatic rings. The Hall–Kier alpha value is -3.54. The second kappa shape index (κ2) is 7.55. The highest BCUT2D eigenvalue weighted by molar-refractivity contribution is 7.90. The Kier molecular flexibility index (Phi) is 5.12. The zero-order chi connectivity index (χ0) is 23.4. The molecule has 0 bridgehead atoms. The molecule has 2 aromatic carbocycles. The van der Waals surface area contributed by atoms with E-state index in [1.807, 2.05) is 0 Å². The number of rotatable bonds is 4. The van der Waals surface area contributed by atoms with Crippen LogP contribution in [0.3, 0.4) is 0 Å². The predicted octanol–water partition coefficient (Wildman–Crippen LogP) is 3.16. The van der Waals surface area contributed by atoms with Gasteiger partial charge in [-0.15, -0.1) is 0 Å². The second-order valence-corrected chi connectivity index (χ2v) is 9.03. The molecule has 0 saturated carbocycles. The van der Waals surface area contributed by atoms with Gasteiger partial charge in [-0.25, -0.2) is 35.7 Å². The molecule has 0 N–H and O–H groups in total. The van der Waals surface area contributed by atoms with Crippen LogP contribution in [0.25, 0.3) is 10.9 Å². The Morgan fingerprint density at radius 2 is 1.75 bits per heavy atom. The summed E-state index contributed by atoms with van der Waals surface area (Å²) in [4.78, 5) is 28.9. The zero-order valence-electron chi connectivity index (χ0n) is 16.3. The molecule has 1 fully saturated rings. The molecule has 7 nitrogen and oxygen atoms in total. The number of carbonyl (C=O) groups is 2. The number of aromatic nitrogens is 1. The Labute approximate surface area is 178 Å². The van der Waals surface area contributed by atoms with E-state index in [0.29, 0.717) is 17.3 Å². The van der Waals surface area contributed by atoms with Crippen LogP contribution in [0.4, 0.5) is 28.0 Å². The molecule has 2 heterocycles. The van der Waals surface area contributed by atoms with Crippen molar-refractivity contribution in [3.8, 4) is 0 Å². The van der Waals surface area contributed by atoms with Crippen molar-refractivity contribution in [2.75, 3.05) is 17.7 Å². The van der Waals surface area contributed by atoms with Crippen LogP contribution < -0.4 is 4.90 Å². The summed E-state index contributed by atoms with van der Waals surface area (Å²) in [5.41, 5.74) is -0.444. The largest absolute Gasteiger partial charge is 0.332 e. The Morgan fingerprint density at radius 1 is 1.03 bits per heavy atom. The van der Waals surface area contributed by atoms with Gasteiger partial charge < -0.3 is 4.90 Å². The minimum atomic E-state index is -4.46. The quantitative estimate of drug-likeness (QED) is 0.334. The number of nitrogens with zero attached hydrogens (tertiary/aromatic N) is 3. The summed E-state index contributed by atoms with van der Waals surface area (Å²) in [5.74, 6) is -7.16. The summed E-state index contributed by atoms with van der Waals surface area (Å²) in [7, 11) is -4.46. The number of sulfone groups is 1. The van der Waals surface area contributed by atoms with Crippen molar-refractivity contribution < 1.29 is 35.6 Å². The molecule has 0 radical (unpaired) electrons. The topological polar surface area (TPSA) is 87.7 Å². The van der Waals surface area contributed by atoms with E-state index in [-0.39, 0.29) is 22.9 Å². The third kappa shape index (κ3) is 3.45. The third-order valence-electron chi connectivity index (χ3n) is 4.91. The number of imide groups is 1. The fraction of sp³-hybridized carbons (Fsp3) is 0.150. The van der Waals surface area contributed by atoms with Crippen molar-refractivity contribution in [3.63, 3.8) is 0 Å². The van der Waals surface area contributed by atoms with Gasteiger partial charge in [0.1, 0.15) is 23.1 Å². The smallest absolute Gasteiger partial charge is 0.310 e. The standard InChI is InChI=1S/C20H13F4N3O4S/c1-32(30,31)19-12(22)7-14(17(23)18(19)24)27-15(28)9-26(20(27)29)8-10-5-6-25-13-4-2-3-11(21)16(10)13/h2-7H,8-9H2,1H3. The van der Waals surface area contributed by atoms with Crippen LogP contribution in [-0.2, 0) is 21.2 Å². The molecule has 1 aliphatic rings. The van der Waals surface area contributed by atoms with E-state index in [2.05, 4.69) is 4.98 Å². The molecule has 166 valence electrons. The number of hydrogen-bond acceptors (Lipinski definition) is 5. The molecular formula is C20H13F4N3O4S. The summed E-state index contributed by atoms with van der Waals surface area (Å²) < 4.78 is 80.5. The van der Waals surface area contributed by atoms with Gasteiger partial charge in [0.2, 0.25) is 0 Å². The number of urea groups is 1. The van der Waals surface area contributed by atoms with Crippen LogP contribution in [0, 0.1) is 23.3 Å². The fourth-order valence-electron chi connectivity index (χ4n) is 3.55. The molecule has 12 heteroatoms. The number of benzene rings is 2. The van der Waals surface area contributed by atoms with Crippen molar-refractivity contribution in [2.45, 2.75) is 11.4 Å². The maximum absolute atomic E-state index is 14.6. The van der Waals surface area contributed by atoms with Gasteiger partial charge in [0.25, 0.3) is 5.91 Å². The van der Waals surface area contributed by atoms with Crippen LogP contribution in [0.2, 0.25) is 0 Å². The van der Waals surface area contributed by atoms with Gasteiger partial charge in [-0.3, -0.25) is 9.78 Å². The maximum atomic E-state index is 14.6. The summed E-state index contributed by atoms with van der Waals surface area (Å²) in [5, 5.41) is 0.120. The molecule has 3 amide bonds. The number of pyridine rings is 1. The summed E-state index contributed by atoms with van der Waals surface area (Å²) >= 11 is 0. The van der Waals surface area contributed by atoms with Gasteiger partial charge in [-0.1, -0.05) is 6.07 Å². The number of carbonyl (C=O) groups excluding carboxylic acids is 2. The zero-order valence-corrected chi connectivity index (χ0v) is 17.1. The number of fused-ring (bicyclic) bond motifs is 1. The van der Waals surface area contributed by atoms with Gasteiger partial charge in [-0.05, 0) is 23.8 Å². The first-order chi connectivity index (χ1) is 15.0. The summed E-state index contributed by atoms with van der Waals surface area (Å²) in [6, 6.07) is 4.80. The van der Waals surface area contributed by atoms with Gasteiger partial charge >= 0.3 is 6.03 Å². The number of halogens is 4. The summed E-state index contributed by atoms with van der Waals surface area (Å²) in [6.45, 7) is -0.845. The molecule has 1 aliphatic heterocycles. The summed E-state index contributed by atoms with van der Waals surface area (Å²) in [6.07, 6.45) is 1.87. The highest BCUT2D eigenvalue weighted by Crippen LogP contribution is 2.32. The van der Waals surface area contributed by atoms with Crippen molar-refractivity contribution in [1.29, 1.82) is 0 Å². The van der Waals surface area contributed by atoms with Gasteiger partial charge in [0.15, 0.2) is 21.5 Å². The van der Waals surface area contributed by atoms with Crippen molar-refractivity contribution in [3.05, 3.63) is 65.4 Å². The average Bonchev–Trinajstić information content (AvgIpc) is 2.97. The van der Waals surface area contributed by atoms with E-state index in [0.717, 1.165) is 4.90 Å². The van der Waals surface area contributed by atoms with Crippen molar-refractivity contribution >= 4 is 38.4 Å². The van der Waals surface area contributed by atoms with Crippen molar-refractivity contribution in [1.82, 2.24) is 9.88 Å². The number of amides is 3. The highest BCUT2D eigenvalue weighted by atomic mass is 32.2. The van der Waals surface area contributed by atoms with Crippen LogP contribution in [0.15, 0.2) is 41.4 Å². The molecule has 4 rings (SSSR count). The molecule has 0 atom stereocenters. The SMILES string of the molecule is CS(=O)(=O)c1c(F)cc(N2C(=O)CN(Cc3ccnc4cccc(F)c34)C2=O)c(F)c1F. The van der Waals surface area contributed by atoms with Gasteiger partial charge in [-0.2, -0.15) is 0 Å². The van der Waals surface area contributed by atoms with Crippen LogP contribution in [0.5, 0.6) is 0 Å². The second-order valence-electron chi connectivity index (χ2n) is 7.08. The van der Waals surface area contributed by atoms with Gasteiger partial charge in [0.05, 0.1) is 11.2 Å². The monoisotopic (exact) mass is 467 g/mol. The number of hydrogen-bond donors (Lipinski definition) is 0. The normalized spacial score (nSPS) is 14.7. The van der Waals surface area contributed by atoms with Crippen LogP contribution >= 0.6 is 0 Å². The van der Waals surface area contributed by atoms with E-state index in [1.54, 1.807) is 6.07 Å². The molecule has 0 aliphatic carbocycles. The average molecular weight is 467 g/mol. The maximum Gasteiger partial charge on any atom is 0.332 e. The van der Waals surface area contributed by atoms with E-state index >= 15 is 0 Å². The Balaban J connectivity index is 1.73. The fourth-order valence-corrected chi connectivity index (χ4v) is 4.37. The molecular weight excluding hydrogens is 454 g/mol.